The first kappa shape index (κ1) is 15.3. The van der Waals surface area contributed by atoms with Crippen LogP contribution in [0.1, 0.15) is 28.8 Å². The van der Waals surface area contributed by atoms with Crippen molar-refractivity contribution >= 4 is 23.2 Å². The summed E-state index contributed by atoms with van der Waals surface area (Å²) < 4.78 is 0. The summed E-state index contributed by atoms with van der Waals surface area (Å²) in [6.07, 6.45) is 1.11. The van der Waals surface area contributed by atoms with Gasteiger partial charge in [0.1, 0.15) is 0 Å². The number of para-hydroxylation sites is 1. The van der Waals surface area contributed by atoms with Gasteiger partial charge in [-0.1, -0.05) is 30.3 Å². The molecule has 0 radical (unpaired) electrons. The first-order chi connectivity index (χ1) is 11.1. The van der Waals surface area contributed by atoms with Crippen molar-refractivity contribution in [1.82, 2.24) is 0 Å². The average Bonchev–Trinajstić information content (AvgIpc) is 2.57. The van der Waals surface area contributed by atoms with Crippen LogP contribution in [0.2, 0.25) is 0 Å². The van der Waals surface area contributed by atoms with Crippen LogP contribution in [0.25, 0.3) is 0 Å². The molecule has 23 heavy (non-hydrogen) atoms. The van der Waals surface area contributed by atoms with Gasteiger partial charge in [0.2, 0.25) is 5.91 Å². The van der Waals surface area contributed by atoms with E-state index in [1.165, 1.54) is 0 Å². The molecule has 4 heteroatoms. The van der Waals surface area contributed by atoms with Gasteiger partial charge in [-0.25, -0.2) is 0 Å². The average molecular weight is 308 g/mol. The smallest absolute Gasteiger partial charge is 0.258 e. The number of carbonyl (C=O) groups is 2. The molecule has 0 fully saturated rings. The predicted octanol–water partition coefficient (Wildman–Crippen LogP) is 3.40. The Labute approximate surface area is 136 Å². The molecule has 0 aliphatic carbocycles. The Bertz CT molecular complexity index is 740. The van der Waals surface area contributed by atoms with Gasteiger partial charge in [-0.3, -0.25) is 9.59 Å². The largest absolute Gasteiger partial charge is 0.313 e. The highest BCUT2D eigenvalue weighted by Crippen LogP contribution is 2.35. The lowest BCUT2D eigenvalue weighted by Crippen LogP contribution is -2.38. The van der Waals surface area contributed by atoms with E-state index in [-0.39, 0.29) is 11.8 Å². The molecular formula is C19H20N2O2. The molecule has 2 amide bonds. The predicted molar refractivity (Wildman–Crippen MR) is 91.9 cm³/mol. The summed E-state index contributed by atoms with van der Waals surface area (Å²) in [6, 6.07) is 15.1. The number of amides is 2. The summed E-state index contributed by atoms with van der Waals surface area (Å²) in [7, 11) is 1.77. The van der Waals surface area contributed by atoms with Crippen LogP contribution in [0.4, 0.5) is 11.4 Å². The van der Waals surface area contributed by atoms with Gasteiger partial charge in [0, 0.05) is 25.6 Å². The third-order valence-corrected chi connectivity index (χ3v) is 4.26. The molecule has 0 spiro atoms. The fraction of sp³-hybridized carbons (Fsp3) is 0.263. The lowest BCUT2D eigenvalue weighted by Gasteiger charge is -2.32. The topological polar surface area (TPSA) is 40.6 Å². The Kier molecular flexibility index (Phi) is 4.15. The Hall–Kier alpha value is -2.62. The Morgan fingerprint density at radius 3 is 2.52 bits per heavy atom. The molecule has 0 N–H and O–H groups in total. The van der Waals surface area contributed by atoms with Crippen LogP contribution in [-0.4, -0.2) is 25.4 Å². The molecule has 0 saturated heterocycles. The molecule has 0 atom stereocenters. The molecule has 0 aromatic heterocycles. The number of benzene rings is 2. The number of rotatable bonds is 1. The van der Waals surface area contributed by atoms with E-state index < -0.39 is 0 Å². The number of aryl methyl sites for hydroxylation is 1. The second-order valence-corrected chi connectivity index (χ2v) is 5.82. The lowest BCUT2D eigenvalue weighted by atomic mass is 10.1. The first-order valence-electron chi connectivity index (χ1n) is 7.82. The van der Waals surface area contributed by atoms with Gasteiger partial charge in [0.05, 0.1) is 11.4 Å². The quantitative estimate of drug-likeness (QED) is 0.810. The van der Waals surface area contributed by atoms with Crippen LogP contribution in [0.5, 0.6) is 0 Å². The van der Waals surface area contributed by atoms with Crippen molar-refractivity contribution in [3.05, 3.63) is 59.7 Å². The minimum absolute atomic E-state index is 0.0242. The minimum Gasteiger partial charge on any atom is -0.313 e. The van der Waals surface area contributed by atoms with Crippen molar-refractivity contribution in [2.24, 2.45) is 0 Å². The number of fused-ring (bicyclic) bond motifs is 1. The van der Waals surface area contributed by atoms with E-state index in [1.54, 1.807) is 11.9 Å². The second kappa shape index (κ2) is 6.24. The third-order valence-electron chi connectivity index (χ3n) is 4.26. The van der Waals surface area contributed by atoms with Gasteiger partial charge < -0.3 is 9.80 Å². The Balaban J connectivity index is 2.11. The van der Waals surface area contributed by atoms with E-state index in [2.05, 4.69) is 0 Å². The van der Waals surface area contributed by atoms with Gasteiger partial charge in [-0.05, 0) is 37.1 Å². The number of hydrogen-bond donors (Lipinski definition) is 0. The van der Waals surface area contributed by atoms with Crippen LogP contribution in [0.15, 0.2) is 48.5 Å². The first-order valence-corrected chi connectivity index (χ1v) is 7.82. The van der Waals surface area contributed by atoms with Crippen LogP contribution in [0, 0.1) is 6.92 Å². The maximum atomic E-state index is 13.0. The summed E-state index contributed by atoms with van der Waals surface area (Å²) in [5.41, 5.74) is 3.28. The minimum atomic E-state index is -0.0242. The highest BCUT2D eigenvalue weighted by atomic mass is 16.2. The molecule has 0 saturated carbocycles. The molecule has 0 bridgehead atoms. The van der Waals surface area contributed by atoms with E-state index in [9.17, 15) is 9.59 Å². The molecule has 118 valence electrons. The van der Waals surface area contributed by atoms with E-state index >= 15 is 0 Å². The standard InChI is InChI=1S/C19H20N2O2/c1-14-8-6-11-16-18(14)21(13-7-12-17(22)20(16)2)19(23)15-9-4-3-5-10-15/h3-6,8-11H,7,12-13H2,1-2H3. The zero-order valence-electron chi connectivity index (χ0n) is 13.5. The van der Waals surface area contributed by atoms with E-state index in [4.69, 9.17) is 0 Å². The van der Waals surface area contributed by atoms with Crippen molar-refractivity contribution in [3.63, 3.8) is 0 Å². The maximum Gasteiger partial charge on any atom is 0.258 e. The van der Waals surface area contributed by atoms with Crippen LogP contribution < -0.4 is 9.80 Å². The summed E-state index contributed by atoms with van der Waals surface area (Å²) in [5.74, 6) is 0.0626. The lowest BCUT2D eigenvalue weighted by molar-refractivity contribution is -0.118. The summed E-state index contributed by atoms with van der Waals surface area (Å²) >= 11 is 0. The second-order valence-electron chi connectivity index (χ2n) is 5.82. The summed E-state index contributed by atoms with van der Waals surface area (Å²) in [6.45, 7) is 2.52. The molecule has 0 unspecified atom stereocenters. The van der Waals surface area contributed by atoms with E-state index in [1.807, 2.05) is 60.4 Å². The SMILES string of the molecule is Cc1cccc2c1N(C(=O)c1ccccc1)CCCC(=O)N2C. The number of nitrogens with zero attached hydrogens (tertiary/aromatic N) is 2. The van der Waals surface area contributed by atoms with Gasteiger partial charge >= 0.3 is 0 Å². The van der Waals surface area contributed by atoms with Crippen LogP contribution >= 0.6 is 0 Å². The van der Waals surface area contributed by atoms with Gasteiger partial charge in [0.15, 0.2) is 0 Å². The van der Waals surface area contributed by atoms with Gasteiger partial charge in [0.25, 0.3) is 5.91 Å². The normalized spacial score (nSPS) is 15.0. The molecule has 2 aromatic carbocycles. The molecule has 1 aliphatic rings. The number of carbonyl (C=O) groups excluding carboxylic acids is 2. The maximum absolute atomic E-state index is 13.0. The van der Waals surface area contributed by atoms with Crippen molar-refractivity contribution in [2.45, 2.75) is 19.8 Å². The number of hydrogen-bond acceptors (Lipinski definition) is 2. The molecule has 1 heterocycles. The van der Waals surface area contributed by atoms with Gasteiger partial charge in [-0.2, -0.15) is 0 Å². The third kappa shape index (κ3) is 2.84. The van der Waals surface area contributed by atoms with Crippen molar-refractivity contribution in [1.29, 1.82) is 0 Å². The highest BCUT2D eigenvalue weighted by Gasteiger charge is 2.27. The summed E-state index contributed by atoms with van der Waals surface area (Å²) in [4.78, 5) is 28.7. The van der Waals surface area contributed by atoms with Gasteiger partial charge in [-0.15, -0.1) is 0 Å². The fourth-order valence-electron chi connectivity index (χ4n) is 3.01. The van der Waals surface area contributed by atoms with Crippen LogP contribution in [-0.2, 0) is 4.79 Å². The fourth-order valence-corrected chi connectivity index (χ4v) is 3.01. The highest BCUT2D eigenvalue weighted by molar-refractivity contribution is 6.10. The van der Waals surface area contributed by atoms with E-state index in [0.717, 1.165) is 16.9 Å². The van der Waals surface area contributed by atoms with Crippen molar-refractivity contribution in [2.75, 3.05) is 23.4 Å². The monoisotopic (exact) mass is 308 g/mol. The Morgan fingerprint density at radius 2 is 1.78 bits per heavy atom. The number of anilines is 2. The molecule has 4 nitrogen and oxygen atoms in total. The Morgan fingerprint density at radius 1 is 1.04 bits per heavy atom. The zero-order valence-corrected chi connectivity index (χ0v) is 13.5. The van der Waals surface area contributed by atoms with Crippen molar-refractivity contribution < 1.29 is 9.59 Å². The zero-order chi connectivity index (χ0) is 16.4. The summed E-state index contributed by atoms with van der Waals surface area (Å²) in [5, 5.41) is 0. The molecule has 3 rings (SSSR count). The molecule has 2 aromatic rings. The van der Waals surface area contributed by atoms with Crippen LogP contribution in [0.3, 0.4) is 0 Å². The molecular weight excluding hydrogens is 288 g/mol. The van der Waals surface area contributed by atoms with Crippen molar-refractivity contribution in [3.8, 4) is 0 Å². The van der Waals surface area contributed by atoms with E-state index in [0.29, 0.717) is 24.9 Å². The molecule has 1 aliphatic heterocycles.